The Labute approximate surface area is 117 Å². The Morgan fingerprint density at radius 2 is 2.16 bits per heavy atom. The number of aryl methyl sites for hydroxylation is 1. The molecule has 98 valence electrons. The number of benzene rings is 1. The number of nitrogens with zero attached hydrogens (tertiary/aromatic N) is 1. The molecule has 2 rings (SSSR count). The summed E-state index contributed by atoms with van der Waals surface area (Å²) in [6, 6.07) is 9.38. The zero-order valence-corrected chi connectivity index (χ0v) is 11.2. The Bertz CT molecular complexity index is 584. The number of pyridine rings is 1. The maximum Gasteiger partial charge on any atom is 0.137 e. The number of carbonyl (C=O) groups is 1. The summed E-state index contributed by atoms with van der Waals surface area (Å²) < 4.78 is 0. The van der Waals surface area contributed by atoms with Crippen molar-refractivity contribution in [1.82, 2.24) is 4.98 Å². The number of hydrogen-bond donors (Lipinski definition) is 1. The van der Waals surface area contributed by atoms with Crippen LogP contribution in [0.2, 0.25) is 5.02 Å². The summed E-state index contributed by atoms with van der Waals surface area (Å²) >= 11 is 5.98. The summed E-state index contributed by atoms with van der Waals surface area (Å²) in [5.41, 5.74) is 8.33. The van der Waals surface area contributed by atoms with E-state index in [-0.39, 0.29) is 5.78 Å². The van der Waals surface area contributed by atoms with E-state index in [9.17, 15) is 4.79 Å². The summed E-state index contributed by atoms with van der Waals surface area (Å²) in [5.74, 6) is 0.163. The number of carbonyl (C=O) groups excluding carboxylic acids is 1. The van der Waals surface area contributed by atoms with E-state index in [1.54, 1.807) is 18.5 Å². The van der Waals surface area contributed by atoms with Gasteiger partial charge in [0, 0.05) is 30.9 Å². The van der Waals surface area contributed by atoms with Crippen LogP contribution in [0.25, 0.3) is 0 Å². The average molecular weight is 275 g/mol. The molecular formula is C15H15ClN2O. The lowest BCUT2D eigenvalue weighted by atomic mass is 10.0. The van der Waals surface area contributed by atoms with E-state index in [2.05, 4.69) is 4.98 Å². The summed E-state index contributed by atoms with van der Waals surface area (Å²) in [6.45, 7) is 0. The van der Waals surface area contributed by atoms with E-state index >= 15 is 0 Å². The second-order valence-electron chi connectivity index (χ2n) is 4.43. The lowest BCUT2D eigenvalue weighted by Gasteiger charge is -2.04. The number of ketones is 1. The largest absolute Gasteiger partial charge is 0.399 e. The number of nitrogens with two attached hydrogens (primary N) is 1. The van der Waals surface area contributed by atoms with Crippen LogP contribution in [-0.2, 0) is 17.6 Å². The van der Waals surface area contributed by atoms with Crippen molar-refractivity contribution in [3.63, 3.8) is 0 Å². The molecule has 2 N–H and O–H groups in total. The van der Waals surface area contributed by atoms with Crippen molar-refractivity contribution in [2.24, 2.45) is 0 Å². The van der Waals surface area contributed by atoms with E-state index in [1.165, 1.54) is 0 Å². The molecule has 3 nitrogen and oxygen atoms in total. The molecule has 0 saturated heterocycles. The van der Waals surface area contributed by atoms with Gasteiger partial charge in [0.2, 0.25) is 0 Å². The first-order valence-electron chi connectivity index (χ1n) is 6.09. The molecule has 0 fully saturated rings. The minimum atomic E-state index is 0.163. The molecule has 0 spiro atoms. The quantitative estimate of drug-likeness (QED) is 0.853. The van der Waals surface area contributed by atoms with Crippen molar-refractivity contribution < 1.29 is 4.79 Å². The van der Waals surface area contributed by atoms with Gasteiger partial charge in [-0.2, -0.15) is 0 Å². The third-order valence-electron chi connectivity index (χ3n) is 2.89. The third kappa shape index (κ3) is 4.07. The molecule has 1 aromatic heterocycles. The maximum atomic E-state index is 11.9. The van der Waals surface area contributed by atoms with Crippen molar-refractivity contribution >= 4 is 23.1 Å². The second-order valence-corrected chi connectivity index (χ2v) is 4.83. The summed E-state index contributed by atoms with van der Waals surface area (Å²) in [5, 5.41) is 0.541. The zero-order chi connectivity index (χ0) is 13.7. The molecule has 0 amide bonds. The summed E-state index contributed by atoms with van der Waals surface area (Å²) in [7, 11) is 0. The zero-order valence-electron chi connectivity index (χ0n) is 10.5. The Balaban J connectivity index is 1.90. The first kappa shape index (κ1) is 13.6. The van der Waals surface area contributed by atoms with Crippen molar-refractivity contribution in [1.29, 1.82) is 0 Å². The normalized spacial score (nSPS) is 10.4. The second kappa shape index (κ2) is 6.34. The molecule has 0 aliphatic heterocycles. The highest BCUT2D eigenvalue weighted by molar-refractivity contribution is 6.31. The molecular weight excluding hydrogens is 260 g/mol. The van der Waals surface area contributed by atoms with Gasteiger partial charge in [-0.1, -0.05) is 23.7 Å². The summed E-state index contributed by atoms with van der Waals surface area (Å²) in [6.07, 6.45) is 4.74. The molecule has 4 heteroatoms. The summed E-state index contributed by atoms with van der Waals surface area (Å²) in [4.78, 5) is 15.8. The van der Waals surface area contributed by atoms with Crippen LogP contribution < -0.4 is 5.73 Å². The van der Waals surface area contributed by atoms with Crippen molar-refractivity contribution in [3.8, 4) is 0 Å². The van der Waals surface area contributed by atoms with Crippen molar-refractivity contribution in [3.05, 3.63) is 58.9 Å². The molecule has 19 heavy (non-hydrogen) atoms. The average Bonchev–Trinajstić information content (AvgIpc) is 2.39. The highest BCUT2D eigenvalue weighted by Crippen LogP contribution is 2.15. The molecule has 0 unspecified atom stereocenters. The van der Waals surface area contributed by atoms with Crippen LogP contribution in [0.3, 0.4) is 0 Å². The number of aromatic nitrogens is 1. The fourth-order valence-electron chi connectivity index (χ4n) is 1.88. The number of hydrogen-bond acceptors (Lipinski definition) is 3. The van der Waals surface area contributed by atoms with E-state index in [0.29, 0.717) is 24.3 Å². The fourth-order valence-corrected chi connectivity index (χ4v) is 2.07. The van der Waals surface area contributed by atoms with E-state index < -0.39 is 0 Å². The minimum Gasteiger partial charge on any atom is -0.399 e. The first-order valence-corrected chi connectivity index (χ1v) is 6.47. The topological polar surface area (TPSA) is 56.0 Å². The van der Waals surface area contributed by atoms with Crippen LogP contribution in [0.4, 0.5) is 5.69 Å². The highest BCUT2D eigenvalue weighted by Gasteiger charge is 2.07. The predicted octanol–water partition coefficient (Wildman–Crippen LogP) is 3.06. The Morgan fingerprint density at radius 1 is 1.32 bits per heavy atom. The van der Waals surface area contributed by atoms with Crippen molar-refractivity contribution in [2.45, 2.75) is 19.3 Å². The molecule has 0 atom stereocenters. The van der Waals surface area contributed by atoms with Gasteiger partial charge in [0.15, 0.2) is 0 Å². The standard InChI is InChI=1S/C15H15ClN2O/c16-15-10-18-7-6-12(15)9-14(19)5-4-11-2-1-3-13(17)8-11/h1-3,6-8,10H,4-5,9,17H2. The Hall–Kier alpha value is -1.87. The van der Waals surface area contributed by atoms with Gasteiger partial charge in [0.25, 0.3) is 0 Å². The number of anilines is 1. The van der Waals surface area contributed by atoms with E-state index in [4.69, 9.17) is 17.3 Å². The van der Waals surface area contributed by atoms with Crippen LogP contribution in [-0.4, -0.2) is 10.8 Å². The maximum absolute atomic E-state index is 11.9. The van der Waals surface area contributed by atoms with Crippen LogP contribution in [0.1, 0.15) is 17.5 Å². The lowest BCUT2D eigenvalue weighted by Crippen LogP contribution is -2.05. The number of halogens is 1. The lowest BCUT2D eigenvalue weighted by molar-refractivity contribution is -0.118. The molecule has 0 bridgehead atoms. The van der Waals surface area contributed by atoms with E-state index in [1.807, 2.05) is 24.3 Å². The Morgan fingerprint density at radius 3 is 2.89 bits per heavy atom. The molecule has 1 aromatic carbocycles. The molecule has 0 aliphatic rings. The Kier molecular flexibility index (Phi) is 4.53. The van der Waals surface area contributed by atoms with Gasteiger partial charge in [0.1, 0.15) is 5.78 Å². The first-order chi connectivity index (χ1) is 9.15. The van der Waals surface area contributed by atoms with Gasteiger partial charge < -0.3 is 5.73 Å². The fraction of sp³-hybridized carbons (Fsp3) is 0.200. The van der Waals surface area contributed by atoms with Gasteiger partial charge in [-0.3, -0.25) is 9.78 Å². The molecule has 0 saturated carbocycles. The number of Topliss-reactive ketones (excluding diaryl/α,β-unsaturated/α-hetero) is 1. The van der Waals surface area contributed by atoms with Gasteiger partial charge in [0.05, 0.1) is 5.02 Å². The highest BCUT2D eigenvalue weighted by atomic mass is 35.5. The number of nitrogen functional groups attached to an aromatic ring is 1. The van der Waals surface area contributed by atoms with Gasteiger partial charge in [-0.15, -0.1) is 0 Å². The molecule has 0 aliphatic carbocycles. The van der Waals surface area contributed by atoms with Crippen LogP contribution in [0.15, 0.2) is 42.7 Å². The molecule has 1 heterocycles. The minimum absolute atomic E-state index is 0.163. The molecule has 2 aromatic rings. The van der Waals surface area contributed by atoms with Gasteiger partial charge in [-0.25, -0.2) is 0 Å². The SMILES string of the molecule is Nc1cccc(CCC(=O)Cc2ccncc2Cl)c1. The van der Waals surface area contributed by atoms with Gasteiger partial charge in [-0.05, 0) is 35.7 Å². The van der Waals surface area contributed by atoms with Crippen LogP contribution in [0, 0.1) is 0 Å². The predicted molar refractivity (Wildman–Crippen MR) is 77.1 cm³/mol. The monoisotopic (exact) mass is 274 g/mol. The smallest absolute Gasteiger partial charge is 0.137 e. The number of rotatable bonds is 5. The van der Waals surface area contributed by atoms with Crippen LogP contribution in [0.5, 0.6) is 0 Å². The van der Waals surface area contributed by atoms with Gasteiger partial charge >= 0.3 is 0 Å². The van der Waals surface area contributed by atoms with Crippen molar-refractivity contribution in [2.75, 3.05) is 5.73 Å². The third-order valence-corrected chi connectivity index (χ3v) is 3.23. The van der Waals surface area contributed by atoms with E-state index in [0.717, 1.165) is 16.8 Å². The molecule has 0 radical (unpaired) electrons. The van der Waals surface area contributed by atoms with Crippen LogP contribution >= 0.6 is 11.6 Å².